The summed E-state index contributed by atoms with van der Waals surface area (Å²) in [6.07, 6.45) is 3.67. The first kappa shape index (κ1) is 15.5. The van der Waals surface area contributed by atoms with E-state index in [9.17, 15) is 0 Å². The molecule has 1 N–H and O–H groups in total. The zero-order valence-electron chi connectivity index (χ0n) is 12.8. The molecule has 1 aromatic rings. The molecule has 0 aromatic heterocycles. The summed E-state index contributed by atoms with van der Waals surface area (Å²) < 4.78 is 10.7. The third-order valence-corrected chi connectivity index (χ3v) is 4.28. The average Bonchev–Trinajstić information content (AvgIpc) is 3.22. The fourth-order valence-corrected chi connectivity index (χ4v) is 2.79. The second-order valence-electron chi connectivity index (χ2n) is 6.05. The number of benzene rings is 1. The van der Waals surface area contributed by atoms with Crippen LogP contribution < -0.4 is 14.8 Å². The second-order valence-corrected chi connectivity index (χ2v) is 6.46. The molecule has 1 fully saturated rings. The van der Waals surface area contributed by atoms with Crippen LogP contribution in [0, 0.1) is 0 Å². The summed E-state index contributed by atoms with van der Waals surface area (Å²) in [5, 5.41) is 4.29. The highest BCUT2D eigenvalue weighted by Crippen LogP contribution is 2.40. The molecule has 0 amide bonds. The van der Waals surface area contributed by atoms with E-state index in [2.05, 4.69) is 19.2 Å². The Kier molecular flexibility index (Phi) is 4.82. The Bertz CT molecular complexity index is 470. The van der Waals surface area contributed by atoms with Crippen LogP contribution in [0.5, 0.6) is 11.5 Å². The van der Waals surface area contributed by atoms with Gasteiger partial charge >= 0.3 is 0 Å². The lowest BCUT2D eigenvalue weighted by molar-refractivity contribution is 0.352. The molecule has 0 aliphatic heterocycles. The number of halogens is 1. The van der Waals surface area contributed by atoms with Gasteiger partial charge in [-0.3, -0.25) is 0 Å². The quantitative estimate of drug-likeness (QED) is 0.831. The van der Waals surface area contributed by atoms with Gasteiger partial charge in [-0.1, -0.05) is 25.4 Å². The van der Waals surface area contributed by atoms with E-state index in [1.165, 1.54) is 12.8 Å². The molecule has 0 atom stereocenters. The Balaban J connectivity index is 2.15. The third kappa shape index (κ3) is 3.58. The standard InChI is InChI=1S/C16H24ClNO2/c1-16(2,7-8-18-11-5-6-11)12-9-14(19-3)15(20-4)10-13(12)17/h9-11,18H,5-8H2,1-4H3. The molecule has 4 heteroatoms. The maximum atomic E-state index is 6.42. The number of hydrogen-bond donors (Lipinski definition) is 1. The molecule has 1 aliphatic rings. The largest absolute Gasteiger partial charge is 0.493 e. The first-order valence-corrected chi connectivity index (χ1v) is 7.51. The zero-order valence-corrected chi connectivity index (χ0v) is 13.5. The molecule has 0 heterocycles. The van der Waals surface area contributed by atoms with Crippen LogP contribution in [-0.4, -0.2) is 26.8 Å². The van der Waals surface area contributed by atoms with Crippen LogP contribution in [-0.2, 0) is 5.41 Å². The average molecular weight is 298 g/mol. The molecule has 0 bridgehead atoms. The fraction of sp³-hybridized carbons (Fsp3) is 0.625. The smallest absolute Gasteiger partial charge is 0.162 e. The van der Waals surface area contributed by atoms with Crippen LogP contribution in [0.3, 0.4) is 0 Å². The normalized spacial score (nSPS) is 15.2. The van der Waals surface area contributed by atoms with Gasteiger partial charge in [-0.05, 0) is 42.9 Å². The molecule has 0 saturated heterocycles. The van der Waals surface area contributed by atoms with Gasteiger partial charge in [-0.25, -0.2) is 0 Å². The first-order valence-electron chi connectivity index (χ1n) is 7.13. The van der Waals surface area contributed by atoms with Crippen LogP contribution in [0.2, 0.25) is 5.02 Å². The van der Waals surface area contributed by atoms with Gasteiger partial charge in [0.25, 0.3) is 0 Å². The van der Waals surface area contributed by atoms with Gasteiger partial charge < -0.3 is 14.8 Å². The van der Waals surface area contributed by atoms with Crippen LogP contribution in [0.4, 0.5) is 0 Å². The fourth-order valence-electron chi connectivity index (χ4n) is 2.38. The minimum absolute atomic E-state index is 0.00146. The molecule has 0 unspecified atom stereocenters. The van der Waals surface area contributed by atoms with Gasteiger partial charge in [0.05, 0.1) is 14.2 Å². The number of nitrogens with one attached hydrogen (secondary N) is 1. The highest BCUT2D eigenvalue weighted by Gasteiger charge is 2.27. The van der Waals surface area contributed by atoms with Crippen molar-refractivity contribution in [3.63, 3.8) is 0 Å². The lowest BCUT2D eigenvalue weighted by Crippen LogP contribution is -2.27. The van der Waals surface area contributed by atoms with Crippen molar-refractivity contribution in [2.45, 2.75) is 44.6 Å². The molecular weight excluding hydrogens is 274 g/mol. The highest BCUT2D eigenvalue weighted by atomic mass is 35.5. The Morgan fingerprint density at radius 2 is 1.80 bits per heavy atom. The monoisotopic (exact) mass is 297 g/mol. The number of rotatable bonds is 7. The molecule has 20 heavy (non-hydrogen) atoms. The molecule has 1 aliphatic carbocycles. The van der Waals surface area contributed by atoms with Gasteiger partial charge in [0.2, 0.25) is 0 Å². The Morgan fingerprint density at radius 1 is 1.20 bits per heavy atom. The molecule has 0 spiro atoms. The summed E-state index contributed by atoms with van der Waals surface area (Å²) in [7, 11) is 3.27. The minimum Gasteiger partial charge on any atom is -0.493 e. The van der Waals surface area contributed by atoms with Crippen molar-refractivity contribution in [3.05, 3.63) is 22.7 Å². The molecular formula is C16H24ClNO2. The Morgan fingerprint density at radius 3 is 2.35 bits per heavy atom. The maximum Gasteiger partial charge on any atom is 0.162 e. The molecule has 1 aromatic carbocycles. The van der Waals surface area contributed by atoms with Gasteiger partial charge in [-0.2, -0.15) is 0 Å². The van der Waals surface area contributed by atoms with Crippen molar-refractivity contribution in [3.8, 4) is 11.5 Å². The zero-order chi connectivity index (χ0) is 14.8. The van der Waals surface area contributed by atoms with E-state index in [4.69, 9.17) is 21.1 Å². The van der Waals surface area contributed by atoms with Gasteiger partial charge in [0, 0.05) is 17.1 Å². The van der Waals surface area contributed by atoms with E-state index in [0.717, 1.165) is 35.3 Å². The predicted octanol–water partition coefficient (Wildman–Crippen LogP) is 3.78. The van der Waals surface area contributed by atoms with E-state index in [1.807, 2.05) is 12.1 Å². The third-order valence-electron chi connectivity index (χ3n) is 3.96. The SMILES string of the molecule is COc1cc(Cl)c(C(C)(C)CCNC2CC2)cc1OC. The number of hydrogen-bond acceptors (Lipinski definition) is 3. The summed E-state index contributed by atoms with van der Waals surface area (Å²) in [4.78, 5) is 0. The van der Waals surface area contributed by atoms with Crippen molar-refractivity contribution in [2.75, 3.05) is 20.8 Å². The van der Waals surface area contributed by atoms with Gasteiger partial charge in [0.15, 0.2) is 11.5 Å². The van der Waals surface area contributed by atoms with Crippen LogP contribution in [0.15, 0.2) is 12.1 Å². The summed E-state index contributed by atoms with van der Waals surface area (Å²) in [6, 6.07) is 4.58. The number of ether oxygens (including phenoxy) is 2. The van der Waals surface area contributed by atoms with Gasteiger partial charge in [-0.15, -0.1) is 0 Å². The van der Waals surface area contributed by atoms with Crippen molar-refractivity contribution in [1.29, 1.82) is 0 Å². The van der Waals surface area contributed by atoms with Crippen molar-refractivity contribution in [2.24, 2.45) is 0 Å². The number of methoxy groups -OCH3 is 2. The van der Waals surface area contributed by atoms with Crippen molar-refractivity contribution < 1.29 is 9.47 Å². The van der Waals surface area contributed by atoms with Gasteiger partial charge in [0.1, 0.15) is 0 Å². The van der Waals surface area contributed by atoms with Crippen molar-refractivity contribution >= 4 is 11.6 Å². The summed E-state index contributed by atoms with van der Waals surface area (Å²) in [6.45, 7) is 5.45. The lowest BCUT2D eigenvalue weighted by atomic mass is 9.81. The Hall–Kier alpha value is -0.930. The van der Waals surface area contributed by atoms with E-state index in [-0.39, 0.29) is 5.41 Å². The van der Waals surface area contributed by atoms with E-state index in [0.29, 0.717) is 5.75 Å². The predicted molar refractivity (Wildman–Crippen MR) is 83.2 cm³/mol. The summed E-state index contributed by atoms with van der Waals surface area (Å²) in [5.74, 6) is 1.41. The summed E-state index contributed by atoms with van der Waals surface area (Å²) in [5.41, 5.74) is 1.10. The maximum absolute atomic E-state index is 6.42. The lowest BCUT2D eigenvalue weighted by Gasteiger charge is -2.27. The van der Waals surface area contributed by atoms with E-state index >= 15 is 0 Å². The Labute approximate surface area is 126 Å². The van der Waals surface area contributed by atoms with E-state index in [1.54, 1.807) is 14.2 Å². The highest BCUT2D eigenvalue weighted by molar-refractivity contribution is 6.31. The van der Waals surface area contributed by atoms with Crippen molar-refractivity contribution in [1.82, 2.24) is 5.32 Å². The molecule has 3 nitrogen and oxygen atoms in total. The molecule has 2 rings (SSSR count). The topological polar surface area (TPSA) is 30.5 Å². The summed E-state index contributed by atoms with van der Waals surface area (Å²) >= 11 is 6.42. The van der Waals surface area contributed by atoms with Crippen LogP contribution in [0.1, 0.15) is 38.7 Å². The molecule has 112 valence electrons. The molecule has 0 radical (unpaired) electrons. The van der Waals surface area contributed by atoms with E-state index < -0.39 is 0 Å². The first-order chi connectivity index (χ1) is 9.47. The molecule has 1 saturated carbocycles. The van der Waals surface area contributed by atoms with Crippen LogP contribution in [0.25, 0.3) is 0 Å². The van der Waals surface area contributed by atoms with Crippen LogP contribution >= 0.6 is 11.6 Å². The minimum atomic E-state index is -0.00146. The second kappa shape index (κ2) is 6.23.